The van der Waals surface area contributed by atoms with Crippen molar-refractivity contribution in [2.24, 2.45) is 0 Å². The molecule has 2 unspecified atom stereocenters. The first-order valence-corrected chi connectivity index (χ1v) is 11.2. The predicted molar refractivity (Wildman–Crippen MR) is 119 cm³/mol. The van der Waals surface area contributed by atoms with Crippen LogP contribution in [0.1, 0.15) is 40.3 Å². The van der Waals surface area contributed by atoms with E-state index in [-0.39, 0.29) is 18.0 Å². The van der Waals surface area contributed by atoms with Crippen LogP contribution < -0.4 is 4.90 Å². The van der Waals surface area contributed by atoms with Gasteiger partial charge in [0.1, 0.15) is 0 Å². The molecule has 6 nitrogen and oxygen atoms in total. The first kappa shape index (κ1) is 19.2. The Morgan fingerprint density at radius 2 is 1.63 bits per heavy atom. The third kappa shape index (κ3) is 3.37. The lowest BCUT2D eigenvalue weighted by molar-refractivity contribution is 0.0717. The first-order valence-electron chi connectivity index (χ1n) is 10.4. The van der Waals surface area contributed by atoms with E-state index in [2.05, 4.69) is 25.3 Å². The van der Waals surface area contributed by atoms with E-state index in [1.54, 1.807) is 0 Å². The summed E-state index contributed by atoms with van der Waals surface area (Å²) < 4.78 is 4.39. The van der Waals surface area contributed by atoms with Gasteiger partial charge in [0.05, 0.1) is 10.6 Å². The number of nitrogens with zero attached hydrogens (tertiary/aromatic N) is 5. The number of aromatic nitrogens is 3. The molecule has 2 aliphatic heterocycles. The number of likely N-dealkylation sites (tertiary alicyclic amines) is 1. The summed E-state index contributed by atoms with van der Waals surface area (Å²) in [6.07, 6.45) is 2.14. The average molecular weight is 420 g/mol. The normalized spacial score (nSPS) is 20.6. The summed E-state index contributed by atoms with van der Waals surface area (Å²) in [5.41, 5.74) is 4.70. The molecule has 2 fully saturated rings. The van der Waals surface area contributed by atoms with E-state index in [9.17, 15) is 4.79 Å². The van der Waals surface area contributed by atoms with Crippen molar-refractivity contribution in [3.63, 3.8) is 0 Å². The predicted octanol–water partition coefficient (Wildman–Crippen LogP) is 4.02. The highest BCUT2D eigenvalue weighted by molar-refractivity contribution is 7.09. The van der Waals surface area contributed by atoms with Gasteiger partial charge >= 0.3 is 0 Å². The molecule has 2 aromatic heterocycles. The highest BCUT2D eigenvalue weighted by atomic mass is 32.1. The fourth-order valence-electron chi connectivity index (χ4n) is 4.76. The van der Waals surface area contributed by atoms with Gasteiger partial charge in [-0.1, -0.05) is 18.2 Å². The van der Waals surface area contributed by atoms with Crippen molar-refractivity contribution >= 4 is 23.4 Å². The van der Waals surface area contributed by atoms with Crippen molar-refractivity contribution in [2.45, 2.75) is 45.7 Å². The van der Waals surface area contributed by atoms with Crippen LogP contribution in [0.25, 0.3) is 10.4 Å². The Hall–Kier alpha value is -2.80. The van der Waals surface area contributed by atoms with Gasteiger partial charge in [-0.3, -0.25) is 4.79 Å². The zero-order valence-electron chi connectivity index (χ0n) is 17.5. The number of piperazine rings is 1. The van der Waals surface area contributed by atoms with Gasteiger partial charge in [-0.25, -0.2) is 9.97 Å². The molecule has 1 amide bonds. The largest absolute Gasteiger partial charge is 0.334 e. The third-order valence-electron chi connectivity index (χ3n) is 6.02. The minimum absolute atomic E-state index is 0.106. The van der Waals surface area contributed by atoms with Gasteiger partial charge in [-0.2, -0.15) is 4.37 Å². The van der Waals surface area contributed by atoms with Crippen LogP contribution in [0.15, 0.2) is 36.4 Å². The van der Waals surface area contributed by atoms with E-state index in [1.807, 2.05) is 56.0 Å². The molecule has 0 N–H and O–H groups in total. The summed E-state index contributed by atoms with van der Waals surface area (Å²) >= 11 is 1.45. The fraction of sp³-hybridized carbons (Fsp3) is 0.391. The summed E-state index contributed by atoms with van der Waals surface area (Å²) in [7, 11) is 0. The second-order valence-corrected chi connectivity index (χ2v) is 9.14. The molecule has 2 atom stereocenters. The number of anilines is 1. The molecule has 4 heterocycles. The lowest BCUT2D eigenvalue weighted by Gasteiger charge is -2.41. The standard InChI is InChI=1S/C23H25N5OS/c1-14-10-15(2)25-23(24-14)28-17-8-9-18(28)13-27(12-17)22(29)20-7-5-4-6-19(20)21-11-16(3)26-30-21/h4-7,10-11,17-18H,8-9,12-13H2,1-3H3. The number of benzene rings is 1. The smallest absolute Gasteiger partial charge is 0.254 e. The van der Waals surface area contributed by atoms with Crippen molar-refractivity contribution in [3.05, 3.63) is 59.0 Å². The molecule has 2 aliphatic rings. The molecule has 3 aromatic rings. The van der Waals surface area contributed by atoms with E-state index in [0.29, 0.717) is 13.1 Å². The second-order valence-electron chi connectivity index (χ2n) is 8.33. The van der Waals surface area contributed by atoms with Gasteiger partial charge in [0.25, 0.3) is 5.91 Å². The first-order chi connectivity index (χ1) is 14.5. The molecule has 0 saturated carbocycles. The van der Waals surface area contributed by atoms with E-state index >= 15 is 0 Å². The second kappa shape index (κ2) is 7.47. The number of aryl methyl sites for hydroxylation is 3. The van der Waals surface area contributed by atoms with E-state index in [1.165, 1.54) is 11.5 Å². The van der Waals surface area contributed by atoms with E-state index < -0.39 is 0 Å². The van der Waals surface area contributed by atoms with Crippen LogP contribution in [0.4, 0.5) is 5.95 Å². The van der Waals surface area contributed by atoms with Crippen LogP contribution >= 0.6 is 11.5 Å². The molecule has 30 heavy (non-hydrogen) atoms. The maximum Gasteiger partial charge on any atom is 0.254 e. The van der Waals surface area contributed by atoms with Crippen molar-refractivity contribution in [1.82, 2.24) is 19.2 Å². The molecule has 0 spiro atoms. The van der Waals surface area contributed by atoms with Crippen LogP contribution in [-0.2, 0) is 0 Å². The van der Waals surface area contributed by atoms with Crippen LogP contribution in [0.2, 0.25) is 0 Å². The highest BCUT2D eigenvalue weighted by Gasteiger charge is 2.43. The molecule has 2 bridgehead atoms. The van der Waals surface area contributed by atoms with Gasteiger partial charge in [0, 0.05) is 47.7 Å². The van der Waals surface area contributed by atoms with Gasteiger partial charge < -0.3 is 9.80 Å². The highest BCUT2D eigenvalue weighted by Crippen LogP contribution is 2.35. The van der Waals surface area contributed by atoms with Gasteiger partial charge in [-0.05, 0) is 63.3 Å². The van der Waals surface area contributed by atoms with Crippen molar-refractivity contribution in [2.75, 3.05) is 18.0 Å². The lowest BCUT2D eigenvalue weighted by atomic mass is 10.0. The molecule has 2 saturated heterocycles. The van der Waals surface area contributed by atoms with Crippen molar-refractivity contribution < 1.29 is 4.79 Å². The van der Waals surface area contributed by atoms with Crippen LogP contribution in [0.5, 0.6) is 0 Å². The Labute approximate surface area is 180 Å². The maximum absolute atomic E-state index is 13.5. The number of rotatable bonds is 3. The minimum Gasteiger partial charge on any atom is -0.334 e. The molecule has 7 heteroatoms. The minimum atomic E-state index is 0.106. The van der Waals surface area contributed by atoms with Crippen molar-refractivity contribution in [1.29, 1.82) is 0 Å². The van der Waals surface area contributed by atoms with Gasteiger partial charge in [0.15, 0.2) is 0 Å². The Morgan fingerprint density at radius 3 is 2.27 bits per heavy atom. The van der Waals surface area contributed by atoms with Crippen LogP contribution in [0, 0.1) is 20.8 Å². The number of carbonyl (C=O) groups is 1. The molecular weight excluding hydrogens is 394 g/mol. The van der Waals surface area contributed by atoms with E-state index in [0.717, 1.165) is 51.9 Å². The fourth-order valence-corrected chi connectivity index (χ4v) is 5.56. The van der Waals surface area contributed by atoms with Gasteiger partial charge in [0.2, 0.25) is 5.95 Å². The Morgan fingerprint density at radius 1 is 0.967 bits per heavy atom. The summed E-state index contributed by atoms with van der Waals surface area (Å²) in [5.74, 6) is 0.919. The summed E-state index contributed by atoms with van der Waals surface area (Å²) in [5, 5.41) is 0. The maximum atomic E-state index is 13.5. The quantitative estimate of drug-likeness (QED) is 0.642. The Balaban J connectivity index is 1.41. The lowest BCUT2D eigenvalue weighted by Crippen LogP contribution is -2.56. The third-order valence-corrected chi connectivity index (χ3v) is 6.94. The molecule has 0 radical (unpaired) electrons. The summed E-state index contributed by atoms with van der Waals surface area (Å²) in [6, 6.07) is 12.5. The van der Waals surface area contributed by atoms with E-state index in [4.69, 9.17) is 0 Å². The monoisotopic (exact) mass is 419 g/mol. The molecule has 0 aliphatic carbocycles. The number of amides is 1. The molecule has 5 rings (SSSR count). The topological polar surface area (TPSA) is 62.2 Å². The average Bonchev–Trinajstić information content (AvgIpc) is 3.27. The molecule has 1 aromatic carbocycles. The summed E-state index contributed by atoms with van der Waals surface area (Å²) in [6.45, 7) is 7.43. The SMILES string of the molecule is Cc1cc(-c2ccccc2C(=O)N2CC3CCC(C2)N3c2nc(C)cc(C)n2)sn1. The van der Waals surface area contributed by atoms with Gasteiger partial charge in [-0.15, -0.1) is 0 Å². The zero-order valence-corrected chi connectivity index (χ0v) is 18.3. The zero-order chi connectivity index (χ0) is 20.8. The molecular formula is C23H25N5OS. The number of hydrogen-bond donors (Lipinski definition) is 0. The van der Waals surface area contributed by atoms with Crippen molar-refractivity contribution in [3.8, 4) is 10.4 Å². The number of carbonyl (C=O) groups excluding carboxylic acids is 1. The molecule has 154 valence electrons. The number of fused-ring (bicyclic) bond motifs is 2. The number of hydrogen-bond acceptors (Lipinski definition) is 6. The Kier molecular flexibility index (Phi) is 4.77. The van der Waals surface area contributed by atoms with Crippen LogP contribution in [0.3, 0.4) is 0 Å². The van der Waals surface area contributed by atoms with Crippen LogP contribution in [-0.4, -0.2) is 50.3 Å². The Bertz CT molecular complexity index is 1080. The summed E-state index contributed by atoms with van der Waals surface area (Å²) in [4.78, 5) is 28.3.